The first-order valence-corrected chi connectivity index (χ1v) is 9.62. The van der Waals surface area contributed by atoms with Crippen molar-refractivity contribution in [3.63, 3.8) is 0 Å². The van der Waals surface area contributed by atoms with Crippen molar-refractivity contribution in [2.24, 2.45) is 0 Å². The van der Waals surface area contributed by atoms with Crippen molar-refractivity contribution >= 4 is 130 Å². The van der Waals surface area contributed by atoms with Gasteiger partial charge >= 0.3 is 0 Å². The van der Waals surface area contributed by atoms with Crippen molar-refractivity contribution in [2.75, 3.05) is 0 Å². The molecule has 3 radical (unpaired) electrons. The molecule has 2 aromatic rings. The zero-order chi connectivity index (χ0) is 16.9. The summed E-state index contributed by atoms with van der Waals surface area (Å²) in [7, 11) is -14.3. The monoisotopic (exact) mass is 455 g/mol. The summed E-state index contributed by atoms with van der Waals surface area (Å²) in [6.07, 6.45) is 0. The van der Waals surface area contributed by atoms with Gasteiger partial charge in [-0.05, 0) is 29.7 Å². The Morgan fingerprint density at radius 1 is 0.615 bits per heavy atom. The Morgan fingerprint density at radius 3 is 1.42 bits per heavy atom. The molecule has 0 aliphatic carbocycles. The van der Waals surface area contributed by atoms with E-state index in [2.05, 4.69) is 0 Å². The van der Waals surface area contributed by atoms with Crippen LogP contribution in [0.4, 0.5) is 0 Å². The molecule has 0 spiro atoms. The quantitative estimate of drug-likeness (QED) is 0.369. The van der Waals surface area contributed by atoms with Crippen LogP contribution in [0, 0.1) is 0 Å². The molecule has 16 heteroatoms. The third-order valence-electron chi connectivity index (χ3n) is 2.73. The molecule has 2 rings (SSSR count). The molecule has 0 unspecified atom stereocenters. The smallest absolute Gasteiger partial charge is 0.295 e. The van der Waals surface area contributed by atoms with Gasteiger partial charge in [-0.3, -0.25) is 13.7 Å². The molecule has 0 bridgehead atoms. The molecule has 0 aliphatic rings. The number of fused-ring (bicyclic) bond motifs is 1. The Kier molecular flexibility index (Phi) is 13.5. The number of rotatable bonds is 3. The largest absolute Gasteiger partial charge is 0.412 e. The third kappa shape index (κ3) is 7.67. The topological polar surface area (TPSA) is 195 Å². The van der Waals surface area contributed by atoms with Gasteiger partial charge in [-0.2, -0.15) is 25.3 Å². The molecule has 131 valence electrons. The number of benzene rings is 2. The van der Waals surface area contributed by atoms with Crippen LogP contribution >= 0.6 is 0 Å². The summed E-state index contributed by atoms with van der Waals surface area (Å²) in [5, 5.41) is -0.430. The molecular formula is C10H10Na3O10S3. The predicted molar refractivity (Wildman–Crippen MR) is 94.3 cm³/mol. The van der Waals surface area contributed by atoms with E-state index < -0.39 is 45.0 Å². The fourth-order valence-corrected chi connectivity index (χ4v) is 3.68. The van der Waals surface area contributed by atoms with Crippen molar-refractivity contribution in [3.8, 4) is 0 Å². The molecule has 5 N–H and O–H groups in total. The third-order valence-corrected chi connectivity index (χ3v) is 5.31. The minimum atomic E-state index is -4.85. The van der Waals surface area contributed by atoms with E-state index in [1.165, 1.54) is 0 Å². The first-order valence-electron chi connectivity index (χ1n) is 5.30. The van der Waals surface area contributed by atoms with E-state index >= 15 is 0 Å². The molecule has 26 heavy (non-hydrogen) atoms. The second-order valence-corrected chi connectivity index (χ2v) is 8.46. The van der Waals surface area contributed by atoms with Crippen molar-refractivity contribution in [1.82, 2.24) is 0 Å². The van der Waals surface area contributed by atoms with E-state index in [9.17, 15) is 25.3 Å². The minimum Gasteiger partial charge on any atom is -0.412 e. The Balaban J connectivity index is -0.00000132. The van der Waals surface area contributed by atoms with E-state index in [1.54, 1.807) is 0 Å². The van der Waals surface area contributed by atoms with Gasteiger partial charge in [0.2, 0.25) is 0 Å². The van der Waals surface area contributed by atoms with Crippen LogP contribution in [0.5, 0.6) is 0 Å². The van der Waals surface area contributed by atoms with Crippen LogP contribution in [0.15, 0.2) is 45.0 Å². The van der Waals surface area contributed by atoms with Gasteiger partial charge in [0.15, 0.2) is 0 Å². The van der Waals surface area contributed by atoms with Crippen LogP contribution in [0.1, 0.15) is 0 Å². The summed E-state index contributed by atoms with van der Waals surface area (Å²) in [4.78, 5) is -2.31. The van der Waals surface area contributed by atoms with Gasteiger partial charge in [-0.15, -0.1) is 0 Å². The van der Waals surface area contributed by atoms with Gasteiger partial charge in [-0.1, -0.05) is 6.07 Å². The Labute approximate surface area is 216 Å². The van der Waals surface area contributed by atoms with E-state index in [-0.39, 0.29) is 105 Å². The molecule has 0 aromatic heterocycles. The Morgan fingerprint density at radius 2 is 1.04 bits per heavy atom. The molecule has 0 heterocycles. The maximum atomic E-state index is 11.3. The predicted octanol–water partition coefficient (Wildman–Crippen LogP) is -1.39. The number of hydrogen-bond donors (Lipinski definition) is 3. The molecular weight excluding hydrogens is 445 g/mol. The van der Waals surface area contributed by atoms with Gasteiger partial charge in [-0.25, -0.2) is 0 Å². The second-order valence-electron chi connectivity index (χ2n) is 4.23. The van der Waals surface area contributed by atoms with Gasteiger partial charge in [0.1, 0.15) is 4.90 Å². The van der Waals surface area contributed by atoms with Crippen molar-refractivity contribution in [2.45, 2.75) is 14.7 Å². The standard InChI is InChI=1S/C10H8O9S3.3Na.H2O/c11-20(12,13)7-1-2-9-6(3-7)4-8(21(14,15)16)5-10(9)22(17,18)19;;;;/h1-5H,(H,11,12,13)(H,14,15,16)(H,17,18,19);;;;1H2. The molecule has 0 fully saturated rings. The average Bonchev–Trinajstić information content (AvgIpc) is 2.33. The molecule has 0 amide bonds. The first-order chi connectivity index (χ1) is 9.80. The first kappa shape index (κ1) is 32.1. The Hall–Kier alpha value is 1.39. The van der Waals surface area contributed by atoms with Gasteiger partial charge in [0.05, 0.1) is 9.79 Å². The molecule has 0 aliphatic heterocycles. The number of hydrogen-bond acceptors (Lipinski definition) is 6. The normalized spacial score (nSPS) is 11.3. The average molecular weight is 455 g/mol. The summed E-state index contributed by atoms with van der Waals surface area (Å²) in [5.74, 6) is 0. The molecule has 10 nitrogen and oxygen atoms in total. The maximum absolute atomic E-state index is 11.3. The summed E-state index contributed by atoms with van der Waals surface area (Å²) < 4.78 is 94.1. The maximum Gasteiger partial charge on any atom is 0.295 e. The second kappa shape index (κ2) is 11.0. The van der Waals surface area contributed by atoms with E-state index in [0.29, 0.717) is 6.07 Å². The molecule has 0 saturated heterocycles. The van der Waals surface area contributed by atoms with Crippen LogP contribution in [-0.2, 0) is 30.4 Å². The molecule has 0 atom stereocenters. The molecule has 2 aromatic carbocycles. The summed E-state index contributed by atoms with van der Waals surface area (Å²) in [6, 6.07) is 3.97. The SMILES string of the molecule is O.O=S(=O)(O)c1ccc2c(S(=O)(=O)O)cc(S(=O)(=O)O)cc2c1.[Na].[Na].[Na]. The van der Waals surface area contributed by atoms with Crippen molar-refractivity contribution in [3.05, 3.63) is 30.3 Å². The van der Waals surface area contributed by atoms with Crippen LogP contribution < -0.4 is 0 Å². The summed E-state index contributed by atoms with van der Waals surface area (Å²) in [5.41, 5.74) is 0. The Bertz CT molecular complexity index is 1090. The van der Waals surface area contributed by atoms with Gasteiger partial charge < -0.3 is 5.48 Å². The van der Waals surface area contributed by atoms with E-state index in [1.807, 2.05) is 0 Å². The fraction of sp³-hybridized carbons (Fsp3) is 0. The zero-order valence-corrected chi connectivity index (χ0v) is 22.4. The van der Waals surface area contributed by atoms with Gasteiger partial charge in [0.25, 0.3) is 30.4 Å². The minimum absolute atomic E-state index is 0. The van der Waals surface area contributed by atoms with Crippen molar-refractivity contribution < 1.29 is 44.4 Å². The summed E-state index contributed by atoms with van der Waals surface area (Å²) >= 11 is 0. The summed E-state index contributed by atoms with van der Waals surface area (Å²) in [6.45, 7) is 0. The zero-order valence-electron chi connectivity index (χ0n) is 13.9. The van der Waals surface area contributed by atoms with Crippen LogP contribution in [0.25, 0.3) is 10.8 Å². The van der Waals surface area contributed by atoms with Crippen LogP contribution in [-0.4, -0.2) is 133 Å². The van der Waals surface area contributed by atoms with E-state index in [0.717, 1.165) is 24.3 Å². The molecule has 0 saturated carbocycles. The van der Waals surface area contributed by atoms with Crippen LogP contribution in [0.3, 0.4) is 0 Å². The van der Waals surface area contributed by atoms with Crippen LogP contribution in [0.2, 0.25) is 0 Å². The fourth-order valence-electron chi connectivity index (χ4n) is 1.81. The van der Waals surface area contributed by atoms with E-state index in [4.69, 9.17) is 13.7 Å². The van der Waals surface area contributed by atoms with Crippen molar-refractivity contribution in [1.29, 1.82) is 0 Å². The van der Waals surface area contributed by atoms with Gasteiger partial charge in [0, 0.05) is 94.1 Å².